The van der Waals surface area contributed by atoms with E-state index in [0.717, 1.165) is 0 Å². The summed E-state index contributed by atoms with van der Waals surface area (Å²) in [5.41, 5.74) is -0.152. The van der Waals surface area contributed by atoms with E-state index >= 15 is 0 Å². The van der Waals surface area contributed by atoms with Gasteiger partial charge in [0.05, 0.1) is 0 Å². The van der Waals surface area contributed by atoms with Gasteiger partial charge in [-0.3, -0.25) is 9.59 Å². The zero-order chi connectivity index (χ0) is 17.0. The van der Waals surface area contributed by atoms with E-state index in [1.165, 1.54) is 6.07 Å². The lowest BCUT2D eigenvalue weighted by Crippen LogP contribution is -2.51. The normalized spacial score (nSPS) is 25.7. The van der Waals surface area contributed by atoms with Gasteiger partial charge < -0.3 is 5.32 Å². The molecular formula is C16H15Cl2F2NO2. The van der Waals surface area contributed by atoms with Crippen LogP contribution in [0.5, 0.6) is 0 Å². The number of halogens is 4. The van der Waals surface area contributed by atoms with Crippen molar-refractivity contribution in [3.63, 3.8) is 0 Å². The molecular weight excluding hydrogens is 347 g/mol. The second kappa shape index (κ2) is 5.42. The summed E-state index contributed by atoms with van der Waals surface area (Å²) in [6.07, 6.45) is -0.908. The van der Waals surface area contributed by atoms with Crippen molar-refractivity contribution in [3.8, 4) is 0 Å². The Labute approximate surface area is 142 Å². The molecule has 1 unspecified atom stereocenters. The summed E-state index contributed by atoms with van der Waals surface area (Å²) in [5.74, 6) is -4.69. The number of nitrogens with one attached hydrogen (secondary N) is 1. The number of hydrogen-bond acceptors (Lipinski definition) is 2. The van der Waals surface area contributed by atoms with Gasteiger partial charge in [-0.05, 0) is 43.0 Å². The highest BCUT2D eigenvalue weighted by molar-refractivity contribution is 6.36. The molecule has 0 bridgehead atoms. The Hall–Kier alpha value is -1.20. The van der Waals surface area contributed by atoms with Gasteiger partial charge in [0.1, 0.15) is 11.5 Å². The maximum Gasteiger partial charge on any atom is 0.248 e. The summed E-state index contributed by atoms with van der Waals surface area (Å²) >= 11 is 12.1. The van der Waals surface area contributed by atoms with Crippen molar-refractivity contribution in [3.05, 3.63) is 33.3 Å². The molecule has 0 aromatic heterocycles. The van der Waals surface area contributed by atoms with Crippen LogP contribution in [0.2, 0.25) is 10.0 Å². The molecule has 1 atom stereocenters. The highest BCUT2D eigenvalue weighted by Crippen LogP contribution is 2.45. The summed E-state index contributed by atoms with van der Waals surface area (Å²) in [5, 5.41) is 3.31. The Morgan fingerprint density at radius 2 is 1.74 bits per heavy atom. The molecule has 23 heavy (non-hydrogen) atoms. The lowest BCUT2D eigenvalue weighted by molar-refractivity contribution is -0.128. The molecule has 1 saturated carbocycles. The standard InChI is InChI=1S/C16H15Cl2F2NO2/c1-8-6-9(17)7-10(18)11(8)12-13(22)15(21-14(12)23)2-4-16(19,20)5-3-15/h6-7,12H,2-5H2,1H3,(H,21,23). The van der Waals surface area contributed by atoms with Crippen LogP contribution in [0, 0.1) is 6.92 Å². The van der Waals surface area contributed by atoms with Crippen molar-refractivity contribution < 1.29 is 18.4 Å². The van der Waals surface area contributed by atoms with E-state index in [1.807, 2.05) is 0 Å². The highest BCUT2D eigenvalue weighted by atomic mass is 35.5. The number of ketones is 1. The number of Topliss-reactive ketones (excluding diaryl/α,β-unsaturated/α-hetero) is 1. The fraction of sp³-hybridized carbons (Fsp3) is 0.500. The van der Waals surface area contributed by atoms with Crippen molar-refractivity contribution in [2.75, 3.05) is 0 Å². The first-order valence-electron chi connectivity index (χ1n) is 7.35. The van der Waals surface area contributed by atoms with Crippen LogP contribution >= 0.6 is 23.2 Å². The average molecular weight is 362 g/mol. The third kappa shape index (κ3) is 2.74. The second-order valence-corrected chi connectivity index (χ2v) is 7.19. The molecule has 1 saturated heterocycles. The molecule has 3 nitrogen and oxygen atoms in total. The van der Waals surface area contributed by atoms with E-state index in [4.69, 9.17) is 23.2 Å². The van der Waals surface area contributed by atoms with Crippen LogP contribution in [0.25, 0.3) is 0 Å². The number of rotatable bonds is 1. The van der Waals surface area contributed by atoms with Crippen LogP contribution in [-0.4, -0.2) is 23.2 Å². The van der Waals surface area contributed by atoms with Gasteiger partial charge in [0, 0.05) is 22.9 Å². The molecule has 1 spiro atoms. The van der Waals surface area contributed by atoms with Gasteiger partial charge in [-0.15, -0.1) is 0 Å². The minimum Gasteiger partial charge on any atom is -0.343 e. The third-order valence-corrected chi connectivity index (χ3v) is 5.31. The van der Waals surface area contributed by atoms with Crippen LogP contribution in [0.1, 0.15) is 42.7 Å². The van der Waals surface area contributed by atoms with Crippen LogP contribution in [0.15, 0.2) is 12.1 Å². The molecule has 7 heteroatoms. The lowest BCUT2D eigenvalue weighted by Gasteiger charge is -2.35. The highest BCUT2D eigenvalue weighted by Gasteiger charge is 2.57. The van der Waals surface area contributed by atoms with Gasteiger partial charge in [0.15, 0.2) is 5.78 Å². The zero-order valence-corrected chi connectivity index (χ0v) is 13.9. The van der Waals surface area contributed by atoms with Crippen molar-refractivity contribution in [2.45, 2.75) is 50.0 Å². The Balaban J connectivity index is 1.98. The van der Waals surface area contributed by atoms with Gasteiger partial charge in [0.2, 0.25) is 11.8 Å². The molecule has 1 aromatic carbocycles. The largest absolute Gasteiger partial charge is 0.343 e. The molecule has 1 aromatic rings. The van der Waals surface area contributed by atoms with Crippen molar-refractivity contribution in [2.24, 2.45) is 0 Å². The van der Waals surface area contributed by atoms with Crippen LogP contribution in [0.3, 0.4) is 0 Å². The number of hydrogen-bond donors (Lipinski definition) is 1. The number of alkyl halides is 2. The summed E-state index contributed by atoms with van der Waals surface area (Å²) in [6, 6.07) is 3.11. The molecule has 2 fully saturated rings. The number of carbonyl (C=O) groups is 2. The van der Waals surface area contributed by atoms with Crippen molar-refractivity contribution in [1.82, 2.24) is 5.32 Å². The molecule has 1 aliphatic carbocycles. The second-order valence-electron chi connectivity index (χ2n) is 6.34. The van der Waals surface area contributed by atoms with Gasteiger partial charge in [-0.2, -0.15) is 0 Å². The van der Waals surface area contributed by atoms with E-state index in [2.05, 4.69) is 5.32 Å². The minimum absolute atomic E-state index is 0.0503. The van der Waals surface area contributed by atoms with Gasteiger partial charge in [0.25, 0.3) is 0 Å². The lowest BCUT2D eigenvalue weighted by atomic mass is 9.75. The maximum atomic E-state index is 13.4. The SMILES string of the molecule is Cc1cc(Cl)cc(Cl)c1C1C(=O)NC2(CCC(F)(F)CC2)C1=O. The summed E-state index contributed by atoms with van der Waals surface area (Å²) in [4.78, 5) is 25.3. The topological polar surface area (TPSA) is 46.2 Å². The Morgan fingerprint density at radius 3 is 2.30 bits per heavy atom. The average Bonchev–Trinajstić information content (AvgIpc) is 2.66. The number of carbonyl (C=O) groups excluding carboxylic acids is 2. The molecule has 1 N–H and O–H groups in total. The summed E-state index contributed by atoms with van der Waals surface area (Å²) in [7, 11) is 0. The first-order chi connectivity index (χ1) is 10.7. The predicted molar refractivity (Wildman–Crippen MR) is 83.2 cm³/mol. The Kier molecular flexibility index (Phi) is 3.92. The number of aryl methyl sites for hydroxylation is 1. The van der Waals surface area contributed by atoms with Gasteiger partial charge >= 0.3 is 0 Å². The monoisotopic (exact) mass is 361 g/mol. The summed E-state index contributed by atoms with van der Waals surface area (Å²) < 4.78 is 26.8. The number of amides is 1. The van der Waals surface area contributed by atoms with Crippen molar-refractivity contribution in [1.29, 1.82) is 0 Å². The van der Waals surface area contributed by atoms with Crippen LogP contribution in [-0.2, 0) is 9.59 Å². The fourth-order valence-corrected chi connectivity index (χ4v) is 4.22. The maximum absolute atomic E-state index is 13.4. The Bertz CT molecular complexity index is 672. The van der Waals surface area contributed by atoms with E-state index in [-0.39, 0.29) is 23.6 Å². The smallest absolute Gasteiger partial charge is 0.248 e. The minimum atomic E-state index is -2.78. The first kappa shape index (κ1) is 16.7. The predicted octanol–water partition coefficient (Wildman–Crippen LogP) is 4.03. The first-order valence-corrected chi connectivity index (χ1v) is 8.11. The van der Waals surface area contributed by atoms with Crippen LogP contribution in [0.4, 0.5) is 8.78 Å². The molecule has 1 heterocycles. The molecule has 0 radical (unpaired) electrons. The van der Waals surface area contributed by atoms with Crippen molar-refractivity contribution >= 4 is 34.9 Å². The molecule has 124 valence electrons. The quantitative estimate of drug-likeness (QED) is 0.767. The van der Waals surface area contributed by atoms with E-state index < -0.39 is 36.1 Å². The molecule has 1 amide bonds. The van der Waals surface area contributed by atoms with Gasteiger partial charge in [-0.1, -0.05) is 23.2 Å². The number of benzene rings is 1. The van der Waals surface area contributed by atoms with E-state index in [9.17, 15) is 18.4 Å². The van der Waals surface area contributed by atoms with Crippen LogP contribution < -0.4 is 5.32 Å². The van der Waals surface area contributed by atoms with E-state index in [0.29, 0.717) is 16.1 Å². The summed E-state index contributed by atoms with van der Waals surface area (Å²) in [6.45, 7) is 1.72. The van der Waals surface area contributed by atoms with E-state index in [1.54, 1.807) is 13.0 Å². The molecule has 2 aliphatic rings. The Morgan fingerprint density at radius 1 is 1.13 bits per heavy atom. The molecule has 1 aliphatic heterocycles. The van der Waals surface area contributed by atoms with Gasteiger partial charge in [-0.25, -0.2) is 8.78 Å². The zero-order valence-electron chi connectivity index (χ0n) is 12.4. The fourth-order valence-electron chi connectivity index (χ4n) is 3.52. The third-order valence-electron chi connectivity index (χ3n) is 4.78. The molecule has 3 rings (SSSR count).